The van der Waals surface area contributed by atoms with Gasteiger partial charge in [-0.3, -0.25) is 9.69 Å². The van der Waals surface area contributed by atoms with Gasteiger partial charge in [0.1, 0.15) is 0 Å². The van der Waals surface area contributed by atoms with Crippen molar-refractivity contribution >= 4 is 5.91 Å². The molecule has 1 aromatic rings. The van der Waals surface area contributed by atoms with E-state index in [-0.39, 0.29) is 5.91 Å². The molecule has 2 N–H and O–H groups in total. The van der Waals surface area contributed by atoms with E-state index in [1.165, 1.54) is 5.56 Å². The maximum Gasteiger partial charge on any atom is 0.236 e. The third-order valence-corrected chi connectivity index (χ3v) is 3.52. The maximum atomic E-state index is 12.3. The summed E-state index contributed by atoms with van der Waals surface area (Å²) >= 11 is 0. The standard InChI is InChI=1S/C16H27N3O/c1-3-18(4-2)14-16(20)19(13-11-17)12-10-15-8-6-5-7-9-15/h5-9H,3-4,10-14,17H2,1-2H3. The summed E-state index contributed by atoms with van der Waals surface area (Å²) < 4.78 is 0. The van der Waals surface area contributed by atoms with Crippen LogP contribution < -0.4 is 5.73 Å². The first kappa shape index (κ1) is 16.7. The van der Waals surface area contributed by atoms with E-state index < -0.39 is 0 Å². The zero-order chi connectivity index (χ0) is 14.8. The molecule has 0 aliphatic heterocycles. The molecule has 0 bridgehead atoms. The van der Waals surface area contributed by atoms with Gasteiger partial charge in [0.15, 0.2) is 0 Å². The fourth-order valence-electron chi connectivity index (χ4n) is 2.16. The van der Waals surface area contributed by atoms with Gasteiger partial charge in [0.25, 0.3) is 0 Å². The van der Waals surface area contributed by atoms with Gasteiger partial charge in [0.2, 0.25) is 5.91 Å². The summed E-state index contributed by atoms with van der Waals surface area (Å²) in [5.74, 6) is 0.176. The van der Waals surface area contributed by atoms with Gasteiger partial charge in [-0.1, -0.05) is 44.2 Å². The molecule has 0 unspecified atom stereocenters. The van der Waals surface area contributed by atoms with Crippen LogP contribution in [0.3, 0.4) is 0 Å². The van der Waals surface area contributed by atoms with Crippen LogP contribution in [0.4, 0.5) is 0 Å². The normalized spacial score (nSPS) is 10.8. The van der Waals surface area contributed by atoms with E-state index >= 15 is 0 Å². The van der Waals surface area contributed by atoms with Crippen molar-refractivity contribution < 1.29 is 4.79 Å². The van der Waals surface area contributed by atoms with Gasteiger partial charge in [-0.15, -0.1) is 0 Å². The Morgan fingerprint density at radius 1 is 1.10 bits per heavy atom. The first-order valence-electron chi connectivity index (χ1n) is 7.45. The Hall–Kier alpha value is -1.39. The number of benzene rings is 1. The summed E-state index contributed by atoms with van der Waals surface area (Å²) in [5, 5.41) is 0. The largest absolute Gasteiger partial charge is 0.340 e. The van der Waals surface area contributed by atoms with Crippen LogP contribution in [0.1, 0.15) is 19.4 Å². The van der Waals surface area contributed by atoms with E-state index in [4.69, 9.17) is 5.73 Å². The number of carbonyl (C=O) groups excluding carboxylic acids is 1. The van der Waals surface area contributed by atoms with Gasteiger partial charge < -0.3 is 10.6 Å². The van der Waals surface area contributed by atoms with Crippen molar-refractivity contribution in [2.24, 2.45) is 5.73 Å². The number of hydrogen-bond acceptors (Lipinski definition) is 3. The van der Waals surface area contributed by atoms with Gasteiger partial charge in [-0.05, 0) is 25.1 Å². The van der Waals surface area contributed by atoms with Crippen LogP contribution in [0.2, 0.25) is 0 Å². The minimum Gasteiger partial charge on any atom is -0.340 e. The first-order valence-corrected chi connectivity index (χ1v) is 7.45. The van der Waals surface area contributed by atoms with Gasteiger partial charge in [-0.2, -0.15) is 0 Å². The molecule has 0 radical (unpaired) electrons. The molecule has 112 valence electrons. The quantitative estimate of drug-likeness (QED) is 0.741. The summed E-state index contributed by atoms with van der Waals surface area (Å²) in [4.78, 5) is 16.3. The topological polar surface area (TPSA) is 49.6 Å². The smallest absolute Gasteiger partial charge is 0.236 e. The second kappa shape index (κ2) is 9.50. The molecule has 4 heteroatoms. The number of nitrogens with zero attached hydrogens (tertiary/aromatic N) is 2. The zero-order valence-electron chi connectivity index (χ0n) is 12.7. The second-order valence-electron chi connectivity index (χ2n) is 4.87. The summed E-state index contributed by atoms with van der Waals surface area (Å²) in [7, 11) is 0. The van der Waals surface area contributed by atoms with Crippen LogP contribution in [0, 0.1) is 0 Å². The van der Waals surface area contributed by atoms with Crippen molar-refractivity contribution in [3.63, 3.8) is 0 Å². The predicted octanol–water partition coefficient (Wildman–Crippen LogP) is 1.36. The number of hydrogen-bond donors (Lipinski definition) is 1. The Morgan fingerprint density at radius 3 is 2.30 bits per heavy atom. The molecule has 1 rings (SSSR count). The fourth-order valence-corrected chi connectivity index (χ4v) is 2.16. The minimum atomic E-state index is 0.176. The van der Waals surface area contributed by atoms with E-state index in [0.717, 1.165) is 26.1 Å². The summed E-state index contributed by atoms with van der Waals surface area (Å²) in [6, 6.07) is 10.2. The highest BCUT2D eigenvalue weighted by molar-refractivity contribution is 5.78. The van der Waals surface area contributed by atoms with Gasteiger partial charge in [-0.25, -0.2) is 0 Å². The number of rotatable bonds is 9. The lowest BCUT2D eigenvalue weighted by Gasteiger charge is -2.26. The molecule has 1 aromatic carbocycles. The number of amides is 1. The molecule has 0 aliphatic carbocycles. The van der Waals surface area contributed by atoms with E-state index in [1.807, 2.05) is 23.1 Å². The number of likely N-dealkylation sites (N-methyl/N-ethyl adjacent to an activating group) is 1. The monoisotopic (exact) mass is 277 g/mol. The average molecular weight is 277 g/mol. The molecule has 20 heavy (non-hydrogen) atoms. The van der Waals surface area contributed by atoms with Crippen molar-refractivity contribution in [2.75, 3.05) is 39.3 Å². The molecule has 4 nitrogen and oxygen atoms in total. The third-order valence-electron chi connectivity index (χ3n) is 3.52. The Morgan fingerprint density at radius 2 is 1.75 bits per heavy atom. The van der Waals surface area contributed by atoms with Crippen molar-refractivity contribution in [1.29, 1.82) is 0 Å². The lowest BCUT2D eigenvalue weighted by molar-refractivity contribution is -0.132. The molecule has 0 fully saturated rings. The fraction of sp³-hybridized carbons (Fsp3) is 0.562. The molecular weight excluding hydrogens is 250 g/mol. The van der Waals surface area contributed by atoms with Crippen LogP contribution >= 0.6 is 0 Å². The molecule has 0 aliphatic rings. The van der Waals surface area contributed by atoms with E-state index in [0.29, 0.717) is 19.6 Å². The van der Waals surface area contributed by atoms with Gasteiger partial charge in [0.05, 0.1) is 6.54 Å². The van der Waals surface area contributed by atoms with Crippen molar-refractivity contribution in [3.05, 3.63) is 35.9 Å². The Labute approximate surface area is 122 Å². The average Bonchev–Trinajstić information content (AvgIpc) is 2.49. The van der Waals surface area contributed by atoms with Crippen LogP contribution in [0.15, 0.2) is 30.3 Å². The zero-order valence-corrected chi connectivity index (χ0v) is 12.7. The van der Waals surface area contributed by atoms with Crippen molar-refractivity contribution in [3.8, 4) is 0 Å². The molecule has 0 atom stereocenters. The number of nitrogens with two attached hydrogens (primary N) is 1. The third kappa shape index (κ3) is 5.72. The second-order valence-corrected chi connectivity index (χ2v) is 4.87. The van der Waals surface area contributed by atoms with Gasteiger partial charge in [0, 0.05) is 19.6 Å². The molecule has 0 spiro atoms. The molecule has 0 saturated carbocycles. The SMILES string of the molecule is CCN(CC)CC(=O)N(CCN)CCc1ccccc1. The highest BCUT2D eigenvalue weighted by Gasteiger charge is 2.15. The van der Waals surface area contributed by atoms with Crippen molar-refractivity contribution in [1.82, 2.24) is 9.80 Å². The summed E-state index contributed by atoms with van der Waals surface area (Å²) in [6.45, 7) is 8.33. The molecule has 0 heterocycles. The highest BCUT2D eigenvalue weighted by Crippen LogP contribution is 2.02. The van der Waals surface area contributed by atoms with E-state index in [2.05, 4.69) is 30.9 Å². The lowest BCUT2D eigenvalue weighted by Crippen LogP contribution is -2.43. The summed E-state index contributed by atoms with van der Waals surface area (Å²) in [5.41, 5.74) is 6.88. The van der Waals surface area contributed by atoms with Crippen LogP contribution in [0.5, 0.6) is 0 Å². The lowest BCUT2D eigenvalue weighted by atomic mass is 10.1. The van der Waals surface area contributed by atoms with E-state index in [1.54, 1.807) is 0 Å². The number of carbonyl (C=O) groups is 1. The minimum absolute atomic E-state index is 0.176. The Balaban J connectivity index is 2.52. The van der Waals surface area contributed by atoms with Gasteiger partial charge >= 0.3 is 0 Å². The Bertz CT molecular complexity index is 377. The molecule has 0 saturated heterocycles. The highest BCUT2D eigenvalue weighted by atomic mass is 16.2. The van der Waals surface area contributed by atoms with Crippen LogP contribution in [-0.2, 0) is 11.2 Å². The summed E-state index contributed by atoms with van der Waals surface area (Å²) in [6.07, 6.45) is 0.880. The van der Waals surface area contributed by atoms with Crippen LogP contribution in [0.25, 0.3) is 0 Å². The molecule has 1 amide bonds. The molecular formula is C16H27N3O. The first-order chi connectivity index (χ1) is 9.71. The Kier molecular flexibility index (Phi) is 7.92. The maximum absolute atomic E-state index is 12.3. The van der Waals surface area contributed by atoms with Crippen molar-refractivity contribution in [2.45, 2.75) is 20.3 Å². The predicted molar refractivity (Wildman–Crippen MR) is 83.6 cm³/mol. The molecule has 0 aromatic heterocycles. The van der Waals surface area contributed by atoms with Crippen LogP contribution in [-0.4, -0.2) is 55.0 Å². The van der Waals surface area contributed by atoms with E-state index in [9.17, 15) is 4.79 Å².